The summed E-state index contributed by atoms with van der Waals surface area (Å²) in [6.07, 6.45) is -5.66. The Morgan fingerprint density at radius 2 is 2.00 bits per heavy atom. The molecule has 0 saturated heterocycles. The van der Waals surface area contributed by atoms with E-state index in [-0.39, 0.29) is 4.90 Å². The van der Waals surface area contributed by atoms with Crippen molar-refractivity contribution in [3.8, 4) is 5.75 Å². The Kier molecular flexibility index (Phi) is 5.45. The Morgan fingerprint density at radius 1 is 1.40 bits per heavy atom. The summed E-state index contributed by atoms with van der Waals surface area (Å²) in [4.78, 5) is -0.140. The van der Waals surface area contributed by atoms with E-state index < -0.39 is 28.7 Å². The predicted octanol–water partition coefficient (Wildman–Crippen LogP) is 3.08. The lowest BCUT2D eigenvalue weighted by molar-refractivity contribution is -0.137. The molecule has 20 heavy (non-hydrogen) atoms. The van der Waals surface area contributed by atoms with Gasteiger partial charge in [0.05, 0.1) is 22.9 Å². The standard InChI is InChI=1S/C11H13BrF3NO3S/c1-7(6-11(13,14)15)16-20(17,18)8-3-4-10(19-2)9(12)5-8/h3-5,7,16H,6H2,1-2H3. The molecule has 4 nitrogen and oxygen atoms in total. The molecule has 1 N–H and O–H groups in total. The maximum Gasteiger partial charge on any atom is 0.390 e. The van der Waals surface area contributed by atoms with E-state index in [1.165, 1.54) is 25.3 Å². The zero-order chi connectivity index (χ0) is 15.6. The highest BCUT2D eigenvalue weighted by Gasteiger charge is 2.32. The summed E-state index contributed by atoms with van der Waals surface area (Å²) >= 11 is 3.12. The van der Waals surface area contributed by atoms with Crippen LogP contribution in [0, 0.1) is 0 Å². The third-order valence-corrected chi connectivity index (χ3v) is 4.53. The Hall–Kier alpha value is -0.800. The zero-order valence-electron chi connectivity index (χ0n) is 10.7. The van der Waals surface area contributed by atoms with Crippen molar-refractivity contribution in [2.75, 3.05) is 7.11 Å². The molecule has 1 unspecified atom stereocenters. The summed E-state index contributed by atoms with van der Waals surface area (Å²) in [6, 6.07) is 2.68. The summed E-state index contributed by atoms with van der Waals surface area (Å²) in [5, 5.41) is 0. The van der Waals surface area contributed by atoms with E-state index in [4.69, 9.17) is 4.74 Å². The number of rotatable bonds is 5. The van der Waals surface area contributed by atoms with Crippen molar-refractivity contribution >= 4 is 26.0 Å². The highest BCUT2D eigenvalue weighted by atomic mass is 79.9. The average Bonchev–Trinajstić information content (AvgIpc) is 2.25. The molecular weight excluding hydrogens is 363 g/mol. The van der Waals surface area contributed by atoms with Gasteiger partial charge in [0.15, 0.2) is 0 Å². The Morgan fingerprint density at radius 3 is 2.45 bits per heavy atom. The van der Waals surface area contributed by atoms with Crippen LogP contribution in [0.15, 0.2) is 27.6 Å². The van der Waals surface area contributed by atoms with Gasteiger partial charge in [-0.1, -0.05) is 0 Å². The fourth-order valence-electron chi connectivity index (χ4n) is 1.54. The van der Waals surface area contributed by atoms with Gasteiger partial charge in [0, 0.05) is 6.04 Å². The van der Waals surface area contributed by atoms with Gasteiger partial charge in [-0.15, -0.1) is 0 Å². The van der Waals surface area contributed by atoms with E-state index in [2.05, 4.69) is 15.9 Å². The van der Waals surface area contributed by atoms with Crippen LogP contribution in [-0.4, -0.2) is 27.7 Å². The van der Waals surface area contributed by atoms with Crippen LogP contribution in [0.3, 0.4) is 0 Å². The molecule has 114 valence electrons. The Bertz CT molecular complexity index is 575. The third kappa shape index (κ3) is 4.95. The van der Waals surface area contributed by atoms with E-state index >= 15 is 0 Å². The molecule has 0 aliphatic carbocycles. The van der Waals surface area contributed by atoms with Gasteiger partial charge in [0.2, 0.25) is 10.0 Å². The number of hydrogen-bond donors (Lipinski definition) is 1. The number of methoxy groups -OCH3 is 1. The molecule has 0 heterocycles. The van der Waals surface area contributed by atoms with Gasteiger partial charge < -0.3 is 4.74 Å². The fraction of sp³-hybridized carbons (Fsp3) is 0.455. The van der Waals surface area contributed by atoms with Crippen LogP contribution in [0.5, 0.6) is 5.75 Å². The first-order chi connectivity index (χ1) is 9.05. The third-order valence-electron chi connectivity index (χ3n) is 2.33. The van der Waals surface area contributed by atoms with Crippen LogP contribution in [0.2, 0.25) is 0 Å². The summed E-state index contributed by atoms with van der Waals surface area (Å²) in [5.74, 6) is 0.423. The van der Waals surface area contributed by atoms with Crippen LogP contribution >= 0.6 is 15.9 Å². The number of benzene rings is 1. The van der Waals surface area contributed by atoms with Gasteiger partial charge in [-0.05, 0) is 41.1 Å². The normalized spacial score (nSPS) is 14.1. The molecule has 0 bridgehead atoms. The van der Waals surface area contributed by atoms with Crippen molar-refractivity contribution in [1.29, 1.82) is 0 Å². The molecule has 0 amide bonds. The summed E-state index contributed by atoms with van der Waals surface area (Å²) < 4.78 is 67.8. The number of nitrogens with one attached hydrogen (secondary N) is 1. The minimum atomic E-state index is -4.43. The average molecular weight is 376 g/mol. The molecule has 1 aromatic carbocycles. The topological polar surface area (TPSA) is 55.4 Å². The maximum absolute atomic E-state index is 12.2. The largest absolute Gasteiger partial charge is 0.496 e. The van der Waals surface area contributed by atoms with Gasteiger partial charge in [0.1, 0.15) is 5.75 Å². The number of sulfonamides is 1. The second-order valence-corrected chi connectivity index (χ2v) is 6.71. The minimum Gasteiger partial charge on any atom is -0.496 e. The SMILES string of the molecule is COc1ccc(S(=O)(=O)NC(C)CC(F)(F)F)cc1Br. The van der Waals surface area contributed by atoms with Crippen molar-refractivity contribution < 1.29 is 26.3 Å². The van der Waals surface area contributed by atoms with E-state index in [0.717, 1.165) is 6.92 Å². The van der Waals surface area contributed by atoms with Gasteiger partial charge >= 0.3 is 6.18 Å². The minimum absolute atomic E-state index is 0.140. The van der Waals surface area contributed by atoms with Gasteiger partial charge in [-0.2, -0.15) is 13.2 Å². The molecule has 1 rings (SSSR count). The highest BCUT2D eigenvalue weighted by molar-refractivity contribution is 9.10. The quantitative estimate of drug-likeness (QED) is 0.860. The molecule has 1 atom stereocenters. The number of hydrogen-bond acceptors (Lipinski definition) is 3. The first kappa shape index (κ1) is 17.3. The summed E-state index contributed by atoms with van der Waals surface area (Å²) in [5.41, 5.74) is 0. The van der Waals surface area contributed by atoms with Crippen molar-refractivity contribution in [2.24, 2.45) is 0 Å². The predicted molar refractivity (Wildman–Crippen MR) is 71.1 cm³/mol. The zero-order valence-corrected chi connectivity index (χ0v) is 13.1. The van der Waals surface area contributed by atoms with Gasteiger partial charge in [0.25, 0.3) is 0 Å². The van der Waals surface area contributed by atoms with Gasteiger partial charge in [-0.3, -0.25) is 0 Å². The number of alkyl halides is 3. The molecule has 0 aliphatic heterocycles. The van der Waals surface area contributed by atoms with E-state index in [9.17, 15) is 21.6 Å². The van der Waals surface area contributed by atoms with Crippen LogP contribution in [-0.2, 0) is 10.0 Å². The van der Waals surface area contributed by atoms with E-state index in [1.807, 2.05) is 4.72 Å². The molecule has 0 radical (unpaired) electrons. The monoisotopic (exact) mass is 375 g/mol. The molecule has 0 saturated carbocycles. The number of ether oxygens (including phenoxy) is 1. The Balaban J connectivity index is 2.91. The first-order valence-electron chi connectivity index (χ1n) is 5.48. The summed E-state index contributed by atoms with van der Waals surface area (Å²) in [7, 11) is -2.60. The lowest BCUT2D eigenvalue weighted by Crippen LogP contribution is -2.35. The second-order valence-electron chi connectivity index (χ2n) is 4.14. The van der Waals surface area contributed by atoms with Crippen molar-refractivity contribution in [3.63, 3.8) is 0 Å². The summed E-state index contributed by atoms with van der Waals surface area (Å²) in [6.45, 7) is 1.16. The lowest BCUT2D eigenvalue weighted by Gasteiger charge is -2.16. The van der Waals surface area contributed by atoms with E-state index in [0.29, 0.717) is 10.2 Å². The molecule has 0 aromatic heterocycles. The van der Waals surface area contributed by atoms with Crippen LogP contribution < -0.4 is 9.46 Å². The Labute approximate surface area is 123 Å². The number of halogens is 4. The lowest BCUT2D eigenvalue weighted by atomic mass is 10.2. The molecule has 9 heteroatoms. The smallest absolute Gasteiger partial charge is 0.390 e. The molecule has 0 spiro atoms. The van der Waals surface area contributed by atoms with Crippen LogP contribution in [0.1, 0.15) is 13.3 Å². The first-order valence-corrected chi connectivity index (χ1v) is 7.75. The molecular formula is C11H13BrF3NO3S. The van der Waals surface area contributed by atoms with E-state index in [1.54, 1.807) is 0 Å². The highest BCUT2D eigenvalue weighted by Crippen LogP contribution is 2.28. The van der Waals surface area contributed by atoms with Crippen LogP contribution in [0.25, 0.3) is 0 Å². The molecule has 0 aliphatic rings. The molecule has 1 aromatic rings. The molecule has 0 fully saturated rings. The fourth-order valence-corrected chi connectivity index (χ4v) is 3.50. The maximum atomic E-state index is 12.2. The van der Waals surface area contributed by atoms with Crippen molar-refractivity contribution in [3.05, 3.63) is 22.7 Å². The van der Waals surface area contributed by atoms with Crippen LogP contribution in [0.4, 0.5) is 13.2 Å². The van der Waals surface area contributed by atoms with Gasteiger partial charge in [-0.25, -0.2) is 13.1 Å². The van der Waals surface area contributed by atoms with Crippen molar-refractivity contribution in [1.82, 2.24) is 4.72 Å². The van der Waals surface area contributed by atoms with Crippen molar-refractivity contribution in [2.45, 2.75) is 30.5 Å². The second kappa shape index (κ2) is 6.31.